The van der Waals surface area contributed by atoms with Gasteiger partial charge in [-0.25, -0.2) is 0 Å². The van der Waals surface area contributed by atoms with E-state index in [1.54, 1.807) is 0 Å². The molecule has 1 atom stereocenters. The van der Waals surface area contributed by atoms with Crippen LogP contribution >= 0.6 is 11.8 Å². The summed E-state index contributed by atoms with van der Waals surface area (Å²) in [4.78, 5) is 1.34. The summed E-state index contributed by atoms with van der Waals surface area (Å²) in [6, 6.07) is 24.3. The quantitative estimate of drug-likeness (QED) is 0.469. The predicted molar refractivity (Wildman–Crippen MR) is 102 cm³/mol. The first-order valence-corrected chi connectivity index (χ1v) is 9.13. The van der Waals surface area contributed by atoms with E-state index in [1.165, 1.54) is 26.8 Å². The average molecular weight is 321 g/mol. The van der Waals surface area contributed by atoms with Gasteiger partial charge in [-0.05, 0) is 42.3 Å². The van der Waals surface area contributed by atoms with E-state index in [2.05, 4.69) is 85.9 Å². The number of hydrogen-bond acceptors (Lipinski definition) is 2. The topological polar surface area (TPSA) is 12.0 Å². The molecule has 3 rings (SSSR count). The second-order valence-electron chi connectivity index (χ2n) is 5.91. The molecule has 118 valence electrons. The summed E-state index contributed by atoms with van der Waals surface area (Å²) in [6.45, 7) is 5.38. The number of hydrogen-bond donors (Lipinski definition) is 1. The van der Waals surface area contributed by atoms with Crippen LogP contribution in [-0.2, 0) is 0 Å². The number of rotatable bonds is 6. The first-order chi connectivity index (χ1) is 11.2. The lowest BCUT2D eigenvalue weighted by Gasteiger charge is -2.16. The maximum Gasteiger partial charge on any atom is 0.0298 e. The van der Waals surface area contributed by atoms with Crippen LogP contribution in [0.25, 0.3) is 10.8 Å². The van der Waals surface area contributed by atoms with Crippen molar-refractivity contribution in [1.29, 1.82) is 0 Å². The molecular formula is C21H23NS. The van der Waals surface area contributed by atoms with E-state index in [1.807, 2.05) is 11.8 Å². The largest absolute Gasteiger partial charge is 0.309 e. The van der Waals surface area contributed by atoms with Gasteiger partial charge >= 0.3 is 0 Å². The zero-order chi connectivity index (χ0) is 16.1. The highest BCUT2D eigenvalue weighted by Crippen LogP contribution is 2.24. The molecule has 0 aromatic heterocycles. The lowest BCUT2D eigenvalue weighted by molar-refractivity contribution is 0.605. The maximum absolute atomic E-state index is 3.65. The summed E-state index contributed by atoms with van der Waals surface area (Å²) in [5.41, 5.74) is 2.69. The van der Waals surface area contributed by atoms with E-state index >= 15 is 0 Å². The number of aryl methyl sites for hydroxylation is 1. The Balaban J connectivity index is 1.56. The van der Waals surface area contributed by atoms with Crippen LogP contribution in [0.15, 0.2) is 71.6 Å². The van der Waals surface area contributed by atoms with Crippen molar-refractivity contribution in [2.24, 2.45) is 0 Å². The van der Waals surface area contributed by atoms with Crippen molar-refractivity contribution in [3.05, 3.63) is 77.9 Å². The van der Waals surface area contributed by atoms with E-state index in [-0.39, 0.29) is 0 Å². The van der Waals surface area contributed by atoms with Crippen LogP contribution in [0.1, 0.15) is 24.1 Å². The Labute approximate surface area is 143 Å². The average Bonchev–Trinajstić information content (AvgIpc) is 2.59. The molecule has 0 radical (unpaired) electrons. The summed E-state index contributed by atoms with van der Waals surface area (Å²) >= 11 is 1.91. The minimum atomic E-state index is 0.361. The standard InChI is InChI=1S/C21H23NS/c1-16-10-12-19(13-11-16)23-15-14-22-17(2)20-9-5-7-18-6-3-4-8-21(18)20/h3-13,17,22H,14-15H2,1-2H3/t17-/m1/s1. The van der Waals surface area contributed by atoms with Crippen LogP contribution in [0, 0.1) is 6.92 Å². The Hall–Kier alpha value is -1.77. The van der Waals surface area contributed by atoms with Crippen LogP contribution in [0.3, 0.4) is 0 Å². The van der Waals surface area contributed by atoms with Crippen molar-refractivity contribution >= 4 is 22.5 Å². The summed E-state index contributed by atoms with van der Waals surface area (Å²) < 4.78 is 0. The Bertz CT molecular complexity index is 759. The SMILES string of the molecule is Cc1ccc(SCCN[C@H](C)c2cccc3ccccc23)cc1. The highest BCUT2D eigenvalue weighted by molar-refractivity contribution is 7.99. The highest BCUT2D eigenvalue weighted by Gasteiger charge is 2.08. The molecule has 2 heteroatoms. The van der Waals surface area contributed by atoms with Crippen molar-refractivity contribution in [2.75, 3.05) is 12.3 Å². The van der Waals surface area contributed by atoms with Crippen molar-refractivity contribution in [3.8, 4) is 0 Å². The molecule has 0 heterocycles. The number of benzene rings is 3. The van der Waals surface area contributed by atoms with Gasteiger partial charge in [0.25, 0.3) is 0 Å². The van der Waals surface area contributed by atoms with Gasteiger partial charge in [-0.15, -0.1) is 11.8 Å². The zero-order valence-corrected chi connectivity index (χ0v) is 14.6. The molecule has 1 nitrogen and oxygen atoms in total. The predicted octanol–water partition coefficient (Wildman–Crippen LogP) is 5.59. The first kappa shape index (κ1) is 16.1. The van der Waals surface area contributed by atoms with E-state index < -0.39 is 0 Å². The third kappa shape index (κ3) is 4.15. The van der Waals surface area contributed by atoms with Gasteiger partial charge in [0.05, 0.1) is 0 Å². The van der Waals surface area contributed by atoms with Gasteiger partial charge < -0.3 is 5.32 Å². The van der Waals surface area contributed by atoms with Crippen LogP contribution < -0.4 is 5.32 Å². The van der Waals surface area contributed by atoms with E-state index in [4.69, 9.17) is 0 Å². The summed E-state index contributed by atoms with van der Waals surface area (Å²) in [5, 5.41) is 6.31. The van der Waals surface area contributed by atoms with Gasteiger partial charge in [0, 0.05) is 23.2 Å². The lowest BCUT2D eigenvalue weighted by Crippen LogP contribution is -2.21. The molecule has 3 aromatic rings. The molecule has 0 saturated carbocycles. The maximum atomic E-state index is 3.65. The van der Waals surface area contributed by atoms with Crippen LogP contribution in [-0.4, -0.2) is 12.3 Å². The van der Waals surface area contributed by atoms with Gasteiger partial charge in [-0.2, -0.15) is 0 Å². The Morgan fingerprint density at radius 2 is 1.65 bits per heavy atom. The zero-order valence-electron chi connectivity index (χ0n) is 13.8. The van der Waals surface area contributed by atoms with E-state index in [0.29, 0.717) is 6.04 Å². The minimum Gasteiger partial charge on any atom is -0.309 e. The molecular weight excluding hydrogens is 298 g/mol. The van der Waals surface area contributed by atoms with Gasteiger partial charge in [0.2, 0.25) is 0 Å². The van der Waals surface area contributed by atoms with Gasteiger partial charge in [0.15, 0.2) is 0 Å². The molecule has 1 N–H and O–H groups in total. The second-order valence-corrected chi connectivity index (χ2v) is 7.07. The number of thioether (sulfide) groups is 1. The van der Waals surface area contributed by atoms with Gasteiger partial charge in [0.1, 0.15) is 0 Å². The molecule has 0 aliphatic rings. The molecule has 0 aliphatic carbocycles. The molecule has 0 fully saturated rings. The molecule has 0 unspecified atom stereocenters. The molecule has 0 aliphatic heterocycles. The first-order valence-electron chi connectivity index (χ1n) is 8.14. The van der Waals surface area contributed by atoms with Crippen molar-refractivity contribution in [1.82, 2.24) is 5.32 Å². The monoisotopic (exact) mass is 321 g/mol. The van der Waals surface area contributed by atoms with Crippen molar-refractivity contribution in [3.63, 3.8) is 0 Å². The fraction of sp³-hybridized carbons (Fsp3) is 0.238. The fourth-order valence-corrected chi connectivity index (χ4v) is 3.60. The minimum absolute atomic E-state index is 0.361. The summed E-state index contributed by atoms with van der Waals surface area (Å²) in [6.07, 6.45) is 0. The smallest absolute Gasteiger partial charge is 0.0298 e. The third-order valence-electron chi connectivity index (χ3n) is 4.13. The van der Waals surface area contributed by atoms with Crippen LogP contribution in [0.2, 0.25) is 0 Å². The third-order valence-corrected chi connectivity index (χ3v) is 5.15. The Morgan fingerprint density at radius 3 is 2.48 bits per heavy atom. The molecule has 3 aromatic carbocycles. The van der Waals surface area contributed by atoms with Crippen molar-refractivity contribution < 1.29 is 0 Å². The van der Waals surface area contributed by atoms with Gasteiger partial charge in [-0.1, -0.05) is 60.2 Å². The Kier molecular flexibility index (Phi) is 5.37. The van der Waals surface area contributed by atoms with Gasteiger partial charge in [-0.3, -0.25) is 0 Å². The van der Waals surface area contributed by atoms with E-state index in [0.717, 1.165) is 12.3 Å². The molecule has 23 heavy (non-hydrogen) atoms. The van der Waals surface area contributed by atoms with Crippen LogP contribution in [0.5, 0.6) is 0 Å². The highest BCUT2D eigenvalue weighted by atomic mass is 32.2. The summed E-state index contributed by atoms with van der Waals surface area (Å²) in [7, 11) is 0. The number of fused-ring (bicyclic) bond motifs is 1. The van der Waals surface area contributed by atoms with Crippen LogP contribution in [0.4, 0.5) is 0 Å². The molecule has 0 bridgehead atoms. The van der Waals surface area contributed by atoms with E-state index in [9.17, 15) is 0 Å². The normalized spacial score (nSPS) is 12.4. The molecule has 0 spiro atoms. The number of nitrogens with one attached hydrogen (secondary N) is 1. The summed E-state index contributed by atoms with van der Waals surface area (Å²) in [5.74, 6) is 1.08. The second kappa shape index (κ2) is 7.67. The lowest BCUT2D eigenvalue weighted by atomic mass is 10.00. The molecule has 0 saturated heterocycles. The molecule has 0 amide bonds. The van der Waals surface area contributed by atoms with Crippen molar-refractivity contribution in [2.45, 2.75) is 24.8 Å². The fourth-order valence-electron chi connectivity index (χ4n) is 2.82. The Morgan fingerprint density at radius 1 is 0.913 bits per heavy atom.